The van der Waals surface area contributed by atoms with Gasteiger partial charge in [-0.05, 0) is 48.4 Å². The number of anilines is 1. The number of amides is 2. The first-order valence-corrected chi connectivity index (χ1v) is 9.48. The topological polar surface area (TPSA) is 67.9 Å². The van der Waals surface area contributed by atoms with E-state index < -0.39 is 0 Å². The summed E-state index contributed by atoms with van der Waals surface area (Å²) in [7, 11) is 1.34. The number of hydrogen-bond donors (Lipinski definition) is 1. The average molecular weight is 394 g/mol. The summed E-state index contributed by atoms with van der Waals surface area (Å²) in [5.74, 6) is 2.69. The number of benzene rings is 2. The van der Waals surface area contributed by atoms with Crippen LogP contribution in [0.25, 0.3) is 0 Å². The van der Waals surface area contributed by atoms with Crippen molar-refractivity contribution in [2.24, 2.45) is 0 Å². The van der Waals surface area contributed by atoms with Crippen molar-refractivity contribution in [3.8, 4) is 18.1 Å². The number of nitrogens with one attached hydrogen (secondary N) is 1. The van der Waals surface area contributed by atoms with Crippen LogP contribution in [-0.2, 0) is 11.3 Å². The third-order valence-corrected chi connectivity index (χ3v) is 4.27. The molecule has 0 unspecified atom stereocenters. The number of carbonyl (C=O) groups excluding carboxylic acids is 2. The normalized spacial score (nSPS) is 9.97. The van der Waals surface area contributed by atoms with Gasteiger partial charge in [0.25, 0.3) is 0 Å². The molecule has 2 aromatic rings. The number of esters is 1. The quantitative estimate of drug-likeness (QED) is 0.516. The number of rotatable bonds is 9. The Labute approximate surface area is 171 Å². The van der Waals surface area contributed by atoms with Crippen LogP contribution in [0.3, 0.4) is 0 Å². The fourth-order valence-electron chi connectivity index (χ4n) is 2.66. The first kappa shape index (κ1) is 21.8. The van der Waals surface area contributed by atoms with Crippen molar-refractivity contribution in [2.75, 3.05) is 25.2 Å². The highest BCUT2D eigenvalue weighted by molar-refractivity contribution is 5.92. The minimum absolute atomic E-state index is 0.187. The third-order valence-electron chi connectivity index (χ3n) is 4.27. The van der Waals surface area contributed by atoms with E-state index in [9.17, 15) is 9.59 Å². The highest BCUT2D eigenvalue weighted by Crippen LogP contribution is 2.20. The molecule has 0 aromatic heterocycles. The summed E-state index contributed by atoms with van der Waals surface area (Å²) in [6.45, 7) is 3.24. The molecule has 2 aromatic carbocycles. The van der Waals surface area contributed by atoms with E-state index in [1.54, 1.807) is 41.3 Å². The molecule has 6 heteroatoms. The lowest BCUT2D eigenvalue weighted by atomic mass is 10.1. The SMILES string of the molecule is C#CCOc1ccc(N(CCCC)C(=O)NCc2ccc(C(=O)OC)cc2)cc1. The highest BCUT2D eigenvalue weighted by atomic mass is 16.5. The maximum absolute atomic E-state index is 12.8. The summed E-state index contributed by atoms with van der Waals surface area (Å²) in [4.78, 5) is 26.0. The lowest BCUT2D eigenvalue weighted by molar-refractivity contribution is 0.0600. The number of methoxy groups -OCH3 is 1. The number of urea groups is 1. The van der Waals surface area contributed by atoms with Crippen LogP contribution in [0.15, 0.2) is 48.5 Å². The largest absolute Gasteiger partial charge is 0.481 e. The van der Waals surface area contributed by atoms with Crippen molar-refractivity contribution >= 4 is 17.7 Å². The van der Waals surface area contributed by atoms with Gasteiger partial charge in [-0.1, -0.05) is 31.4 Å². The van der Waals surface area contributed by atoms with Crippen molar-refractivity contribution < 1.29 is 19.1 Å². The van der Waals surface area contributed by atoms with Gasteiger partial charge in [0, 0.05) is 18.8 Å². The summed E-state index contributed by atoms with van der Waals surface area (Å²) in [6, 6.07) is 14.0. The number of ether oxygens (including phenoxy) is 2. The lowest BCUT2D eigenvalue weighted by Crippen LogP contribution is -2.40. The van der Waals surface area contributed by atoms with Gasteiger partial charge in [-0.2, -0.15) is 0 Å². The van der Waals surface area contributed by atoms with Gasteiger partial charge in [0.2, 0.25) is 0 Å². The minimum atomic E-state index is -0.388. The molecule has 0 saturated carbocycles. The van der Waals surface area contributed by atoms with Gasteiger partial charge in [-0.25, -0.2) is 9.59 Å². The van der Waals surface area contributed by atoms with Gasteiger partial charge in [0.05, 0.1) is 12.7 Å². The van der Waals surface area contributed by atoms with E-state index in [1.807, 2.05) is 12.1 Å². The second-order valence-corrected chi connectivity index (χ2v) is 6.34. The van der Waals surface area contributed by atoms with E-state index in [1.165, 1.54) is 7.11 Å². The van der Waals surface area contributed by atoms with E-state index in [-0.39, 0.29) is 18.6 Å². The highest BCUT2D eigenvalue weighted by Gasteiger charge is 2.15. The Morgan fingerprint density at radius 1 is 1.10 bits per heavy atom. The Morgan fingerprint density at radius 3 is 2.38 bits per heavy atom. The molecule has 0 atom stereocenters. The maximum atomic E-state index is 12.8. The maximum Gasteiger partial charge on any atom is 0.337 e. The minimum Gasteiger partial charge on any atom is -0.481 e. The Bertz CT molecular complexity index is 839. The van der Waals surface area contributed by atoms with Crippen molar-refractivity contribution in [1.82, 2.24) is 5.32 Å². The van der Waals surface area contributed by atoms with Gasteiger partial charge < -0.3 is 14.8 Å². The average Bonchev–Trinajstić information content (AvgIpc) is 2.77. The summed E-state index contributed by atoms with van der Waals surface area (Å²) < 4.78 is 10.1. The molecule has 0 aliphatic rings. The Balaban J connectivity index is 2.02. The molecule has 2 rings (SSSR count). The molecule has 0 heterocycles. The fourth-order valence-corrected chi connectivity index (χ4v) is 2.66. The van der Waals surface area contributed by atoms with Gasteiger partial charge in [0.15, 0.2) is 0 Å². The molecule has 0 saturated heterocycles. The van der Waals surface area contributed by atoms with Crippen LogP contribution in [0, 0.1) is 12.3 Å². The van der Waals surface area contributed by atoms with Crippen LogP contribution in [-0.4, -0.2) is 32.3 Å². The number of carbonyl (C=O) groups is 2. The summed E-state index contributed by atoms with van der Waals surface area (Å²) in [6.07, 6.45) is 7.06. The number of hydrogen-bond acceptors (Lipinski definition) is 4. The molecule has 29 heavy (non-hydrogen) atoms. The van der Waals surface area contributed by atoms with Gasteiger partial charge in [-0.15, -0.1) is 6.42 Å². The third kappa shape index (κ3) is 6.58. The van der Waals surface area contributed by atoms with Crippen molar-refractivity contribution in [3.05, 3.63) is 59.7 Å². The first-order chi connectivity index (χ1) is 14.1. The number of nitrogens with zero attached hydrogens (tertiary/aromatic N) is 1. The van der Waals surface area contributed by atoms with Crippen LogP contribution < -0.4 is 15.0 Å². The monoisotopic (exact) mass is 394 g/mol. The zero-order valence-corrected chi connectivity index (χ0v) is 16.8. The Hall–Kier alpha value is -3.46. The van der Waals surface area contributed by atoms with Crippen LogP contribution in [0.1, 0.15) is 35.7 Å². The molecule has 152 valence electrons. The van der Waals surface area contributed by atoms with E-state index in [2.05, 4.69) is 22.9 Å². The van der Waals surface area contributed by atoms with Gasteiger partial charge in [0.1, 0.15) is 12.4 Å². The second kappa shape index (κ2) is 11.4. The predicted octanol–water partition coefficient (Wildman–Crippen LogP) is 4.00. The van der Waals surface area contributed by atoms with E-state index in [4.69, 9.17) is 11.2 Å². The predicted molar refractivity (Wildman–Crippen MR) is 113 cm³/mol. The molecular formula is C23H26N2O4. The summed E-state index contributed by atoms with van der Waals surface area (Å²) in [5, 5.41) is 2.93. The van der Waals surface area contributed by atoms with Gasteiger partial charge >= 0.3 is 12.0 Å². The van der Waals surface area contributed by atoms with E-state index in [0.717, 1.165) is 24.1 Å². The van der Waals surface area contributed by atoms with E-state index >= 15 is 0 Å². The zero-order chi connectivity index (χ0) is 21.1. The van der Waals surface area contributed by atoms with Crippen LogP contribution in [0.2, 0.25) is 0 Å². The molecule has 0 radical (unpaired) electrons. The molecule has 0 spiro atoms. The molecule has 0 aliphatic heterocycles. The van der Waals surface area contributed by atoms with Crippen molar-refractivity contribution in [2.45, 2.75) is 26.3 Å². The lowest BCUT2D eigenvalue weighted by Gasteiger charge is -2.23. The molecule has 1 N–H and O–H groups in total. The van der Waals surface area contributed by atoms with Gasteiger partial charge in [-0.3, -0.25) is 4.90 Å². The molecule has 0 aliphatic carbocycles. The summed E-state index contributed by atoms with van der Waals surface area (Å²) in [5.41, 5.74) is 2.14. The van der Waals surface area contributed by atoms with Crippen LogP contribution in [0.5, 0.6) is 5.75 Å². The van der Waals surface area contributed by atoms with Crippen LogP contribution in [0.4, 0.5) is 10.5 Å². The Kier molecular flexibility index (Phi) is 8.58. The molecular weight excluding hydrogens is 368 g/mol. The zero-order valence-electron chi connectivity index (χ0n) is 16.8. The molecule has 0 fully saturated rings. The first-order valence-electron chi connectivity index (χ1n) is 9.48. The number of unbranched alkanes of at least 4 members (excludes halogenated alkanes) is 1. The van der Waals surface area contributed by atoms with Crippen molar-refractivity contribution in [1.29, 1.82) is 0 Å². The Morgan fingerprint density at radius 2 is 1.79 bits per heavy atom. The molecule has 2 amide bonds. The van der Waals surface area contributed by atoms with E-state index in [0.29, 0.717) is 24.4 Å². The molecule has 0 bridgehead atoms. The standard InChI is InChI=1S/C23H26N2O4/c1-4-6-15-25(20-11-13-21(14-12-20)29-16-5-2)23(27)24-17-18-7-9-19(10-8-18)22(26)28-3/h2,7-14H,4,6,15-17H2,1,3H3,(H,24,27). The second-order valence-electron chi connectivity index (χ2n) is 6.34. The fraction of sp³-hybridized carbons (Fsp3) is 0.304. The van der Waals surface area contributed by atoms with Crippen molar-refractivity contribution in [3.63, 3.8) is 0 Å². The molecule has 6 nitrogen and oxygen atoms in total. The van der Waals surface area contributed by atoms with Crippen LogP contribution >= 0.6 is 0 Å². The smallest absolute Gasteiger partial charge is 0.337 e. The summed E-state index contributed by atoms with van der Waals surface area (Å²) >= 11 is 0. The number of terminal acetylenes is 1.